The van der Waals surface area contributed by atoms with Crippen molar-refractivity contribution < 1.29 is 9.18 Å². The van der Waals surface area contributed by atoms with Gasteiger partial charge in [0.2, 0.25) is 0 Å². The third-order valence-corrected chi connectivity index (χ3v) is 4.90. The molecule has 1 amide bonds. The van der Waals surface area contributed by atoms with E-state index >= 15 is 0 Å². The normalized spacial score (nSPS) is 15.3. The van der Waals surface area contributed by atoms with Crippen LogP contribution in [0.2, 0.25) is 0 Å². The van der Waals surface area contributed by atoms with Crippen molar-refractivity contribution in [2.45, 2.75) is 38.3 Å². The molecule has 1 heterocycles. The van der Waals surface area contributed by atoms with Gasteiger partial charge in [-0.25, -0.2) is 4.39 Å². The lowest BCUT2D eigenvalue weighted by Gasteiger charge is -2.29. The maximum absolute atomic E-state index is 13.9. The van der Waals surface area contributed by atoms with Crippen LogP contribution in [0.5, 0.6) is 0 Å². The molecular weight excluding hydrogens is 285 g/mol. The molecule has 3 rings (SSSR count). The Kier molecular flexibility index (Phi) is 4.34. The zero-order valence-electron chi connectivity index (χ0n) is 11.8. The summed E-state index contributed by atoms with van der Waals surface area (Å²) >= 11 is 1.64. The lowest BCUT2D eigenvalue weighted by Crippen LogP contribution is -2.38. The van der Waals surface area contributed by atoms with Gasteiger partial charge in [-0.15, -0.1) is 11.3 Å². The van der Waals surface area contributed by atoms with E-state index in [9.17, 15) is 9.18 Å². The number of rotatable bonds is 4. The van der Waals surface area contributed by atoms with Gasteiger partial charge in [0.15, 0.2) is 0 Å². The summed E-state index contributed by atoms with van der Waals surface area (Å²) in [6.45, 7) is 0.579. The van der Waals surface area contributed by atoms with E-state index in [1.807, 2.05) is 22.4 Å². The topological polar surface area (TPSA) is 20.3 Å². The molecule has 0 saturated heterocycles. The van der Waals surface area contributed by atoms with Gasteiger partial charge in [-0.3, -0.25) is 4.79 Å². The number of carbonyl (C=O) groups is 1. The van der Waals surface area contributed by atoms with E-state index in [-0.39, 0.29) is 17.5 Å². The predicted molar refractivity (Wildman–Crippen MR) is 82.8 cm³/mol. The summed E-state index contributed by atoms with van der Waals surface area (Å²) in [5, 5.41) is 2.01. The molecule has 0 aliphatic heterocycles. The van der Waals surface area contributed by atoms with Crippen LogP contribution in [0.4, 0.5) is 4.39 Å². The molecule has 2 nitrogen and oxygen atoms in total. The van der Waals surface area contributed by atoms with Gasteiger partial charge in [0.1, 0.15) is 5.82 Å². The first kappa shape index (κ1) is 14.3. The highest BCUT2D eigenvalue weighted by atomic mass is 32.1. The smallest absolute Gasteiger partial charge is 0.257 e. The molecule has 0 bridgehead atoms. The van der Waals surface area contributed by atoms with E-state index in [1.165, 1.54) is 6.07 Å². The van der Waals surface area contributed by atoms with Crippen molar-refractivity contribution in [3.8, 4) is 0 Å². The van der Waals surface area contributed by atoms with Crippen LogP contribution in [0.25, 0.3) is 0 Å². The van der Waals surface area contributed by atoms with E-state index < -0.39 is 5.82 Å². The Morgan fingerprint density at radius 2 is 1.95 bits per heavy atom. The number of halogens is 1. The van der Waals surface area contributed by atoms with Crippen molar-refractivity contribution >= 4 is 17.2 Å². The lowest BCUT2D eigenvalue weighted by molar-refractivity contribution is 0.0662. The van der Waals surface area contributed by atoms with Crippen LogP contribution in [-0.4, -0.2) is 16.8 Å². The SMILES string of the molecule is O=C(c1ccccc1F)N(Cc1cccs1)C1CCCC1. The Balaban J connectivity index is 1.87. The van der Waals surface area contributed by atoms with Crippen molar-refractivity contribution in [2.75, 3.05) is 0 Å². The van der Waals surface area contributed by atoms with E-state index in [2.05, 4.69) is 0 Å². The second kappa shape index (κ2) is 6.39. The average Bonchev–Trinajstić information content (AvgIpc) is 3.18. The molecule has 1 fully saturated rings. The summed E-state index contributed by atoms with van der Waals surface area (Å²) in [5.74, 6) is -0.620. The van der Waals surface area contributed by atoms with Gasteiger partial charge in [0, 0.05) is 10.9 Å². The first-order valence-electron chi connectivity index (χ1n) is 7.33. The Labute approximate surface area is 128 Å². The molecule has 1 aliphatic carbocycles. The quantitative estimate of drug-likeness (QED) is 0.816. The Bertz CT molecular complexity index is 605. The van der Waals surface area contributed by atoms with Gasteiger partial charge in [0.05, 0.1) is 12.1 Å². The van der Waals surface area contributed by atoms with Crippen LogP contribution in [0.1, 0.15) is 40.9 Å². The standard InChI is InChI=1S/C17H18FNOS/c18-16-10-4-3-9-15(16)17(20)19(13-6-1-2-7-13)12-14-8-5-11-21-14/h3-5,8-11,13H,1-2,6-7,12H2. The molecule has 21 heavy (non-hydrogen) atoms. The second-order valence-corrected chi connectivity index (χ2v) is 6.46. The average molecular weight is 303 g/mol. The van der Waals surface area contributed by atoms with Crippen molar-refractivity contribution in [2.24, 2.45) is 0 Å². The van der Waals surface area contributed by atoms with E-state index in [1.54, 1.807) is 29.5 Å². The molecule has 0 radical (unpaired) electrons. The summed E-state index contributed by atoms with van der Waals surface area (Å²) in [6, 6.07) is 10.5. The minimum Gasteiger partial charge on any atom is -0.330 e. The predicted octanol–water partition coefficient (Wildman–Crippen LogP) is 4.47. The van der Waals surface area contributed by atoms with Gasteiger partial charge in [0.25, 0.3) is 5.91 Å². The Morgan fingerprint density at radius 3 is 2.62 bits per heavy atom. The molecule has 0 spiro atoms. The molecule has 1 aromatic carbocycles. The largest absolute Gasteiger partial charge is 0.330 e. The number of hydrogen-bond donors (Lipinski definition) is 0. The number of amides is 1. The number of hydrogen-bond acceptors (Lipinski definition) is 2. The van der Waals surface area contributed by atoms with E-state index in [0.29, 0.717) is 6.54 Å². The van der Waals surface area contributed by atoms with Crippen molar-refractivity contribution in [3.05, 3.63) is 58.0 Å². The van der Waals surface area contributed by atoms with Crippen molar-refractivity contribution in [3.63, 3.8) is 0 Å². The summed E-state index contributed by atoms with van der Waals surface area (Å²) in [7, 11) is 0. The van der Waals surface area contributed by atoms with Gasteiger partial charge in [-0.2, -0.15) is 0 Å². The number of thiophene rings is 1. The van der Waals surface area contributed by atoms with E-state index in [4.69, 9.17) is 0 Å². The number of carbonyl (C=O) groups excluding carboxylic acids is 1. The second-order valence-electron chi connectivity index (χ2n) is 5.43. The summed E-state index contributed by atoms with van der Waals surface area (Å²) in [5.41, 5.74) is 0.181. The lowest BCUT2D eigenvalue weighted by atomic mass is 10.1. The third kappa shape index (κ3) is 3.16. The summed E-state index contributed by atoms with van der Waals surface area (Å²) in [4.78, 5) is 15.8. The zero-order chi connectivity index (χ0) is 14.7. The minimum atomic E-state index is -0.434. The van der Waals surface area contributed by atoms with Crippen molar-refractivity contribution in [1.29, 1.82) is 0 Å². The summed E-state index contributed by atoms with van der Waals surface area (Å²) < 4.78 is 13.9. The maximum atomic E-state index is 13.9. The van der Waals surface area contributed by atoms with Crippen LogP contribution >= 0.6 is 11.3 Å². The highest BCUT2D eigenvalue weighted by molar-refractivity contribution is 7.09. The van der Waals surface area contributed by atoms with Gasteiger partial charge in [-0.05, 0) is 36.4 Å². The summed E-state index contributed by atoms with van der Waals surface area (Å²) in [6.07, 6.45) is 4.34. The van der Waals surface area contributed by atoms with Gasteiger partial charge >= 0.3 is 0 Å². The van der Waals surface area contributed by atoms with Crippen LogP contribution in [0, 0.1) is 5.82 Å². The fourth-order valence-electron chi connectivity index (χ4n) is 2.94. The molecule has 0 atom stereocenters. The molecule has 0 unspecified atom stereocenters. The van der Waals surface area contributed by atoms with Crippen molar-refractivity contribution in [1.82, 2.24) is 4.90 Å². The van der Waals surface area contributed by atoms with Crippen LogP contribution in [0.3, 0.4) is 0 Å². The third-order valence-electron chi connectivity index (χ3n) is 4.04. The fraction of sp³-hybridized carbons (Fsp3) is 0.353. The molecular formula is C17H18FNOS. The maximum Gasteiger partial charge on any atom is 0.257 e. The molecule has 4 heteroatoms. The number of benzene rings is 1. The molecule has 1 aromatic heterocycles. The fourth-order valence-corrected chi connectivity index (χ4v) is 3.65. The van der Waals surface area contributed by atoms with Crippen LogP contribution < -0.4 is 0 Å². The first-order chi connectivity index (χ1) is 10.3. The van der Waals surface area contributed by atoms with Gasteiger partial charge in [-0.1, -0.05) is 31.0 Å². The monoisotopic (exact) mass is 303 g/mol. The number of nitrogens with zero attached hydrogens (tertiary/aromatic N) is 1. The molecule has 1 aliphatic rings. The highest BCUT2D eigenvalue weighted by Crippen LogP contribution is 2.27. The highest BCUT2D eigenvalue weighted by Gasteiger charge is 2.28. The van der Waals surface area contributed by atoms with E-state index in [0.717, 1.165) is 30.6 Å². The molecule has 2 aromatic rings. The molecule has 1 saturated carbocycles. The molecule has 0 N–H and O–H groups in total. The first-order valence-corrected chi connectivity index (χ1v) is 8.21. The molecule has 110 valence electrons. The van der Waals surface area contributed by atoms with Gasteiger partial charge < -0.3 is 4.90 Å². The Morgan fingerprint density at radius 1 is 1.19 bits per heavy atom. The van der Waals surface area contributed by atoms with Crippen LogP contribution in [-0.2, 0) is 6.54 Å². The minimum absolute atomic E-state index is 0.181. The Hall–Kier alpha value is -1.68. The zero-order valence-corrected chi connectivity index (χ0v) is 12.6. The van der Waals surface area contributed by atoms with Crippen LogP contribution in [0.15, 0.2) is 41.8 Å².